The zero-order valence-electron chi connectivity index (χ0n) is 14.6. The summed E-state index contributed by atoms with van der Waals surface area (Å²) in [4.78, 5) is 6.29. The topological polar surface area (TPSA) is 44.7 Å². The maximum atomic E-state index is 12.2. The Morgan fingerprint density at radius 1 is 1.16 bits per heavy atom. The zero-order chi connectivity index (χ0) is 18.1. The molecule has 0 heterocycles. The predicted molar refractivity (Wildman–Crippen MR) is 107 cm³/mol. The van der Waals surface area contributed by atoms with Crippen LogP contribution in [0.5, 0.6) is 0 Å². The second kappa shape index (κ2) is 10.2. The summed E-state index contributed by atoms with van der Waals surface area (Å²) in [6, 6.07) is 17.7. The first-order chi connectivity index (χ1) is 12.1. The number of halogens is 1. The largest absolute Gasteiger partial charge is 0.355 e. The van der Waals surface area contributed by atoms with E-state index in [9.17, 15) is 4.21 Å². The average Bonchev–Trinajstić information content (AvgIpc) is 2.61. The summed E-state index contributed by atoms with van der Waals surface area (Å²) >= 11 is 6.21. The zero-order valence-corrected chi connectivity index (χ0v) is 16.2. The molecule has 1 N–H and O–H groups in total. The first-order valence-corrected chi connectivity index (χ1v) is 10.0. The molecule has 2 rings (SSSR count). The van der Waals surface area contributed by atoms with Gasteiger partial charge in [0, 0.05) is 54.5 Å². The Balaban J connectivity index is 1.80. The van der Waals surface area contributed by atoms with Crippen LogP contribution < -0.4 is 5.32 Å². The smallest absolute Gasteiger partial charge is 0.193 e. The molecule has 4 nitrogen and oxygen atoms in total. The number of nitrogens with zero attached hydrogens (tertiary/aromatic N) is 2. The number of nitrogens with one attached hydrogen (secondary N) is 1. The first-order valence-electron chi connectivity index (χ1n) is 8.14. The monoisotopic (exact) mass is 377 g/mol. The van der Waals surface area contributed by atoms with Crippen LogP contribution >= 0.6 is 11.6 Å². The minimum Gasteiger partial charge on any atom is -0.355 e. The number of rotatable bonds is 7. The van der Waals surface area contributed by atoms with E-state index in [0.29, 0.717) is 24.6 Å². The van der Waals surface area contributed by atoms with Crippen LogP contribution in [-0.4, -0.2) is 41.5 Å². The van der Waals surface area contributed by atoms with E-state index in [1.165, 1.54) is 0 Å². The molecular formula is C19H24ClN3OS. The first kappa shape index (κ1) is 19.5. The molecule has 6 heteroatoms. The summed E-state index contributed by atoms with van der Waals surface area (Å²) in [6.45, 7) is 1.27. The van der Waals surface area contributed by atoms with Crippen molar-refractivity contribution in [1.82, 2.24) is 10.2 Å². The molecule has 0 saturated carbocycles. The Bertz CT molecular complexity index is 722. The predicted octanol–water partition coefficient (Wildman–Crippen LogP) is 3.30. The summed E-state index contributed by atoms with van der Waals surface area (Å²) in [5.74, 6) is 1.92. The second-order valence-electron chi connectivity index (χ2n) is 5.70. The lowest BCUT2D eigenvalue weighted by atomic mass is 10.2. The number of aliphatic imine (C=N–C) groups is 1. The molecule has 0 spiro atoms. The van der Waals surface area contributed by atoms with Crippen molar-refractivity contribution < 1.29 is 4.21 Å². The molecule has 0 amide bonds. The van der Waals surface area contributed by atoms with Gasteiger partial charge in [-0.05, 0) is 17.2 Å². The molecule has 134 valence electrons. The van der Waals surface area contributed by atoms with Gasteiger partial charge in [-0.15, -0.1) is 0 Å². The number of guanidine groups is 1. The average molecular weight is 378 g/mol. The van der Waals surface area contributed by atoms with Gasteiger partial charge in [-0.3, -0.25) is 9.20 Å². The Morgan fingerprint density at radius 3 is 2.52 bits per heavy atom. The molecule has 0 aliphatic rings. The van der Waals surface area contributed by atoms with Crippen LogP contribution in [0.3, 0.4) is 0 Å². The third kappa shape index (κ3) is 6.52. The summed E-state index contributed by atoms with van der Waals surface area (Å²) in [5, 5.41) is 4.01. The van der Waals surface area contributed by atoms with Crippen molar-refractivity contribution in [3.05, 3.63) is 70.7 Å². The van der Waals surface area contributed by atoms with E-state index < -0.39 is 10.8 Å². The van der Waals surface area contributed by atoms with Gasteiger partial charge in [0.25, 0.3) is 0 Å². The third-order valence-corrected chi connectivity index (χ3v) is 5.41. The van der Waals surface area contributed by atoms with Gasteiger partial charge in [-0.1, -0.05) is 60.1 Å². The van der Waals surface area contributed by atoms with Crippen molar-refractivity contribution in [3.63, 3.8) is 0 Å². The van der Waals surface area contributed by atoms with Crippen molar-refractivity contribution in [1.29, 1.82) is 0 Å². The second-order valence-corrected chi connectivity index (χ2v) is 7.68. The minimum absolute atomic E-state index is 0.577. The molecule has 1 atom stereocenters. The molecule has 0 saturated heterocycles. The molecule has 0 bridgehead atoms. The van der Waals surface area contributed by atoms with Crippen LogP contribution in [0.4, 0.5) is 0 Å². The molecule has 0 radical (unpaired) electrons. The van der Waals surface area contributed by atoms with Crippen LogP contribution in [0.2, 0.25) is 5.02 Å². The number of benzene rings is 2. The lowest BCUT2D eigenvalue weighted by Gasteiger charge is -2.22. The third-order valence-electron chi connectivity index (χ3n) is 3.72. The molecule has 2 aromatic carbocycles. The Kier molecular flexibility index (Phi) is 7.95. The lowest BCUT2D eigenvalue weighted by Crippen LogP contribution is -2.40. The van der Waals surface area contributed by atoms with Crippen molar-refractivity contribution in [2.75, 3.05) is 26.4 Å². The molecule has 25 heavy (non-hydrogen) atoms. The summed E-state index contributed by atoms with van der Waals surface area (Å²) in [5.41, 5.74) is 2.14. The highest BCUT2D eigenvalue weighted by atomic mass is 35.5. The molecule has 0 aromatic heterocycles. The maximum absolute atomic E-state index is 12.2. The van der Waals surface area contributed by atoms with Gasteiger partial charge in [0.05, 0.1) is 0 Å². The van der Waals surface area contributed by atoms with Gasteiger partial charge in [0.1, 0.15) is 0 Å². The number of hydrogen-bond donors (Lipinski definition) is 1. The van der Waals surface area contributed by atoms with Crippen LogP contribution in [0.25, 0.3) is 0 Å². The molecule has 1 unspecified atom stereocenters. The van der Waals surface area contributed by atoms with Crippen LogP contribution in [-0.2, 0) is 23.1 Å². The highest BCUT2D eigenvalue weighted by Gasteiger charge is 2.09. The van der Waals surface area contributed by atoms with Crippen LogP contribution in [0.1, 0.15) is 11.1 Å². The fraction of sp³-hybridized carbons (Fsp3) is 0.316. The highest BCUT2D eigenvalue weighted by Crippen LogP contribution is 2.16. The lowest BCUT2D eigenvalue weighted by molar-refractivity contribution is 0.479. The van der Waals surface area contributed by atoms with Gasteiger partial charge in [-0.25, -0.2) is 0 Å². The van der Waals surface area contributed by atoms with Gasteiger partial charge in [0.15, 0.2) is 5.96 Å². The Morgan fingerprint density at radius 2 is 1.84 bits per heavy atom. The van der Waals surface area contributed by atoms with E-state index in [1.807, 2.05) is 66.5 Å². The standard InChI is InChI=1S/C19H24ClN3OS/c1-21-19(23(2)14-17-10-6-7-11-18(17)20)22-12-13-25(24)15-16-8-4-3-5-9-16/h3-11H,12-15H2,1-2H3,(H,21,22). The quantitative estimate of drug-likeness (QED) is 0.594. The Hall–Kier alpha value is -1.85. The van der Waals surface area contributed by atoms with E-state index in [2.05, 4.69) is 10.3 Å². The summed E-state index contributed by atoms with van der Waals surface area (Å²) < 4.78 is 12.2. The maximum Gasteiger partial charge on any atom is 0.193 e. The van der Waals surface area contributed by atoms with Crippen LogP contribution in [0, 0.1) is 0 Å². The molecule has 0 aliphatic heterocycles. The fourth-order valence-corrected chi connectivity index (χ4v) is 3.68. The molecule has 2 aromatic rings. The van der Waals surface area contributed by atoms with E-state index >= 15 is 0 Å². The van der Waals surface area contributed by atoms with Crippen molar-refractivity contribution in [3.8, 4) is 0 Å². The normalized spacial score (nSPS) is 12.7. The molecule has 0 fully saturated rings. The highest BCUT2D eigenvalue weighted by molar-refractivity contribution is 7.84. The van der Waals surface area contributed by atoms with Gasteiger partial charge in [-0.2, -0.15) is 0 Å². The van der Waals surface area contributed by atoms with E-state index in [4.69, 9.17) is 11.6 Å². The summed E-state index contributed by atoms with van der Waals surface area (Å²) in [7, 11) is 2.80. The van der Waals surface area contributed by atoms with Crippen LogP contribution in [0.15, 0.2) is 59.6 Å². The van der Waals surface area contributed by atoms with Crippen molar-refractivity contribution in [2.45, 2.75) is 12.3 Å². The molecular weight excluding hydrogens is 354 g/mol. The number of hydrogen-bond acceptors (Lipinski definition) is 2. The van der Waals surface area contributed by atoms with Crippen molar-refractivity contribution >= 4 is 28.4 Å². The van der Waals surface area contributed by atoms with Crippen molar-refractivity contribution in [2.24, 2.45) is 4.99 Å². The SMILES string of the molecule is CN=C(NCCS(=O)Cc1ccccc1)N(C)Cc1ccccc1Cl. The Labute approximate surface area is 157 Å². The van der Waals surface area contributed by atoms with Gasteiger partial charge < -0.3 is 10.2 Å². The summed E-state index contributed by atoms with van der Waals surface area (Å²) in [6.07, 6.45) is 0. The van der Waals surface area contributed by atoms with Gasteiger partial charge >= 0.3 is 0 Å². The molecule has 0 aliphatic carbocycles. The fourth-order valence-electron chi connectivity index (χ4n) is 2.45. The van der Waals surface area contributed by atoms with Gasteiger partial charge in [0.2, 0.25) is 0 Å². The van der Waals surface area contributed by atoms with E-state index in [1.54, 1.807) is 7.05 Å². The minimum atomic E-state index is -0.901. The van der Waals surface area contributed by atoms with E-state index in [0.717, 1.165) is 22.1 Å². The van der Waals surface area contributed by atoms with E-state index in [-0.39, 0.29) is 0 Å².